The van der Waals surface area contributed by atoms with Crippen LogP contribution in [0.1, 0.15) is 30.5 Å². The van der Waals surface area contributed by atoms with Crippen LogP contribution in [0.25, 0.3) is 5.69 Å². The first-order chi connectivity index (χ1) is 15.5. The molecule has 0 aliphatic carbocycles. The molecule has 1 fully saturated rings. The second-order valence-electron chi connectivity index (χ2n) is 8.12. The highest BCUT2D eigenvalue weighted by atomic mass is 19.4. The van der Waals surface area contributed by atoms with Gasteiger partial charge in [-0.15, -0.1) is 5.10 Å². The maximum Gasteiger partial charge on any atom is 0.417 e. The van der Waals surface area contributed by atoms with Gasteiger partial charge in [-0.05, 0) is 49.7 Å². The van der Waals surface area contributed by atoms with E-state index in [0.717, 1.165) is 22.2 Å². The predicted octanol–water partition coefficient (Wildman–Crippen LogP) is 3.70. The number of alkyl halides is 3. The summed E-state index contributed by atoms with van der Waals surface area (Å²) in [4.78, 5) is 15.5. The number of urea groups is 1. The molecule has 3 aromatic rings. The van der Waals surface area contributed by atoms with Crippen molar-refractivity contribution in [3.8, 4) is 11.8 Å². The number of nitriles is 1. The normalized spacial score (nSPS) is 18.0. The molecule has 1 atom stereocenters. The van der Waals surface area contributed by atoms with Crippen molar-refractivity contribution in [2.24, 2.45) is 0 Å². The number of carbonyl (C=O) groups is 1. The van der Waals surface area contributed by atoms with Gasteiger partial charge in [0.15, 0.2) is 6.23 Å². The van der Waals surface area contributed by atoms with E-state index in [9.17, 15) is 23.1 Å². The zero-order chi connectivity index (χ0) is 24.0. The molecule has 2 heterocycles. The van der Waals surface area contributed by atoms with Gasteiger partial charge in [0.05, 0.1) is 40.8 Å². The van der Waals surface area contributed by atoms with Gasteiger partial charge in [0, 0.05) is 12.2 Å². The van der Waals surface area contributed by atoms with Crippen molar-refractivity contribution in [2.75, 3.05) is 4.90 Å². The maximum absolute atomic E-state index is 13.4. The molecule has 1 aliphatic heterocycles. The molecule has 170 valence electrons. The van der Waals surface area contributed by atoms with Crippen LogP contribution >= 0.6 is 0 Å². The van der Waals surface area contributed by atoms with E-state index in [1.807, 2.05) is 0 Å². The van der Waals surface area contributed by atoms with Crippen molar-refractivity contribution in [3.63, 3.8) is 0 Å². The SMILES string of the molecule is CC1(C)C(O)N(c2ccc(C#N)c(C(F)(F)F)c2)C(=O)N1Cc1ccc(-n2ccnn2)cc1. The third kappa shape index (κ3) is 3.89. The zero-order valence-electron chi connectivity index (χ0n) is 17.7. The Bertz CT molecular complexity index is 1220. The summed E-state index contributed by atoms with van der Waals surface area (Å²) in [5.74, 6) is 0. The lowest BCUT2D eigenvalue weighted by Crippen LogP contribution is -2.46. The number of rotatable bonds is 4. The van der Waals surface area contributed by atoms with Crippen molar-refractivity contribution in [1.82, 2.24) is 19.9 Å². The number of aliphatic hydroxyl groups is 1. The van der Waals surface area contributed by atoms with Gasteiger partial charge < -0.3 is 10.0 Å². The fourth-order valence-electron chi connectivity index (χ4n) is 3.76. The number of benzene rings is 2. The largest absolute Gasteiger partial charge is 0.417 e. The second kappa shape index (κ2) is 7.90. The summed E-state index contributed by atoms with van der Waals surface area (Å²) in [5.41, 5.74) is -1.45. The van der Waals surface area contributed by atoms with E-state index >= 15 is 0 Å². The van der Waals surface area contributed by atoms with Crippen LogP contribution in [-0.2, 0) is 12.7 Å². The molecule has 11 heteroatoms. The lowest BCUT2D eigenvalue weighted by molar-refractivity contribution is -0.137. The lowest BCUT2D eigenvalue weighted by atomic mass is 10.0. The first-order valence-corrected chi connectivity index (χ1v) is 9.90. The Kier molecular flexibility index (Phi) is 5.33. The first kappa shape index (κ1) is 22.3. The van der Waals surface area contributed by atoms with Gasteiger partial charge in [0.2, 0.25) is 0 Å². The third-order valence-corrected chi connectivity index (χ3v) is 5.68. The Morgan fingerprint density at radius 2 is 1.82 bits per heavy atom. The fraction of sp³-hybridized carbons (Fsp3) is 0.273. The minimum atomic E-state index is -4.78. The number of hydrogen-bond donors (Lipinski definition) is 1. The van der Waals surface area contributed by atoms with E-state index in [2.05, 4.69) is 10.3 Å². The number of anilines is 1. The molecule has 1 unspecified atom stereocenters. The van der Waals surface area contributed by atoms with Gasteiger partial charge in [-0.3, -0.25) is 4.90 Å². The molecule has 0 bridgehead atoms. The molecule has 0 saturated carbocycles. The summed E-state index contributed by atoms with van der Waals surface area (Å²) in [6.07, 6.45) is -2.96. The number of aromatic nitrogens is 3. The number of nitrogens with zero attached hydrogens (tertiary/aromatic N) is 6. The smallest absolute Gasteiger partial charge is 0.371 e. The number of carbonyl (C=O) groups excluding carboxylic acids is 1. The molecule has 0 radical (unpaired) electrons. The molecule has 1 aliphatic rings. The molecule has 1 N–H and O–H groups in total. The Labute approximate surface area is 187 Å². The number of aliphatic hydroxyl groups excluding tert-OH is 1. The molecule has 33 heavy (non-hydrogen) atoms. The van der Waals surface area contributed by atoms with Crippen molar-refractivity contribution in [2.45, 2.75) is 38.3 Å². The second-order valence-corrected chi connectivity index (χ2v) is 8.12. The van der Waals surface area contributed by atoms with Gasteiger partial charge in [-0.2, -0.15) is 18.4 Å². The van der Waals surface area contributed by atoms with E-state index in [-0.39, 0.29) is 12.2 Å². The maximum atomic E-state index is 13.4. The van der Waals surface area contributed by atoms with Gasteiger partial charge in [-0.1, -0.05) is 17.3 Å². The molecule has 0 spiro atoms. The monoisotopic (exact) mass is 456 g/mol. The van der Waals surface area contributed by atoms with E-state index in [0.29, 0.717) is 6.07 Å². The molecule has 2 aromatic carbocycles. The Morgan fingerprint density at radius 1 is 1.15 bits per heavy atom. The standard InChI is InChI=1S/C22H19F3N6O2/c1-21(2)19(32)31(17-8-5-15(12-26)18(11-17)22(23,24)25)20(33)29(21)13-14-3-6-16(7-4-14)30-10-9-27-28-30/h3-11,19,32H,13H2,1-2H3. The molecule has 8 nitrogen and oxygen atoms in total. The zero-order valence-corrected chi connectivity index (χ0v) is 17.7. The molecule has 2 amide bonds. The Hall–Kier alpha value is -3.91. The van der Waals surface area contributed by atoms with E-state index < -0.39 is 35.1 Å². The first-order valence-electron chi connectivity index (χ1n) is 9.90. The third-order valence-electron chi connectivity index (χ3n) is 5.68. The average molecular weight is 456 g/mol. The summed E-state index contributed by atoms with van der Waals surface area (Å²) in [7, 11) is 0. The van der Waals surface area contributed by atoms with Crippen molar-refractivity contribution in [1.29, 1.82) is 5.26 Å². The fourth-order valence-corrected chi connectivity index (χ4v) is 3.76. The molecule has 1 saturated heterocycles. The summed E-state index contributed by atoms with van der Waals surface area (Å²) in [6, 6.07) is 11.0. The van der Waals surface area contributed by atoms with Crippen molar-refractivity contribution < 1.29 is 23.1 Å². The summed E-state index contributed by atoms with van der Waals surface area (Å²) in [5, 5.41) is 27.5. The molecule has 4 rings (SSSR count). The van der Waals surface area contributed by atoms with E-state index in [1.54, 1.807) is 55.2 Å². The van der Waals surface area contributed by atoms with Crippen LogP contribution in [0.3, 0.4) is 0 Å². The van der Waals surface area contributed by atoms with Crippen LogP contribution < -0.4 is 4.90 Å². The predicted molar refractivity (Wildman–Crippen MR) is 111 cm³/mol. The van der Waals surface area contributed by atoms with Crippen LogP contribution in [0, 0.1) is 11.3 Å². The van der Waals surface area contributed by atoms with Crippen LogP contribution in [0.5, 0.6) is 0 Å². The molecule has 1 aromatic heterocycles. The highest BCUT2D eigenvalue weighted by molar-refractivity contribution is 5.96. The highest BCUT2D eigenvalue weighted by Crippen LogP contribution is 2.39. The minimum Gasteiger partial charge on any atom is -0.371 e. The van der Waals surface area contributed by atoms with Gasteiger partial charge in [0.25, 0.3) is 0 Å². The summed E-state index contributed by atoms with van der Waals surface area (Å²) < 4.78 is 41.8. The number of halogens is 3. The number of amides is 2. The van der Waals surface area contributed by atoms with Crippen LogP contribution in [0.4, 0.5) is 23.7 Å². The summed E-state index contributed by atoms with van der Waals surface area (Å²) >= 11 is 0. The van der Waals surface area contributed by atoms with Crippen LogP contribution in [-0.4, -0.2) is 42.8 Å². The Morgan fingerprint density at radius 3 is 2.39 bits per heavy atom. The Balaban J connectivity index is 1.64. The molecular formula is C22H19F3N6O2. The van der Waals surface area contributed by atoms with Crippen molar-refractivity contribution >= 4 is 11.7 Å². The van der Waals surface area contributed by atoms with Crippen LogP contribution in [0.15, 0.2) is 54.9 Å². The van der Waals surface area contributed by atoms with E-state index in [1.165, 1.54) is 17.0 Å². The van der Waals surface area contributed by atoms with E-state index in [4.69, 9.17) is 5.26 Å². The number of hydrogen-bond acceptors (Lipinski definition) is 5. The average Bonchev–Trinajstić information content (AvgIpc) is 3.36. The van der Waals surface area contributed by atoms with Crippen molar-refractivity contribution in [3.05, 3.63) is 71.5 Å². The summed E-state index contributed by atoms with van der Waals surface area (Å²) in [6.45, 7) is 3.39. The van der Waals surface area contributed by atoms with Gasteiger partial charge in [0.1, 0.15) is 0 Å². The topological polar surface area (TPSA) is 98.3 Å². The molecular weight excluding hydrogens is 437 g/mol. The van der Waals surface area contributed by atoms with Gasteiger partial charge in [-0.25, -0.2) is 9.48 Å². The quantitative estimate of drug-likeness (QED) is 0.646. The highest BCUT2D eigenvalue weighted by Gasteiger charge is 2.51. The van der Waals surface area contributed by atoms with Gasteiger partial charge >= 0.3 is 12.2 Å². The minimum absolute atomic E-state index is 0.124. The lowest BCUT2D eigenvalue weighted by Gasteiger charge is -2.32. The van der Waals surface area contributed by atoms with Crippen LogP contribution in [0.2, 0.25) is 0 Å².